The summed E-state index contributed by atoms with van der Waals surface area (Å²) >= 11 is 0. The summed E-state index contributed by atoms with van der Waals surface area (Å²) in [6.45, 7) is 6.20. The lowest BCUT2D eigenvalue weighted by atomic mass is 9.86. The molecule has 2 aromatic carbocycles. The number of phenols is 2. The number of para-hydroxylation sites is 1. The maximum absolute atomic E-state index is 12.3. The van der Waals surface area contributed by atoms with Crippen molar-refractivity contribution >= 4 is 11.6 Å². The van der Waals surface area contributed by atoms with Gasteiger partial charge in [0.15, 0.2) is 0 Å². The highest BCUT2D eigenvalue weighted by atomic mass is 16.3. The number of benzene rings is 2. The van der Waals surface area contributed by atoms with Gasteiger partial charge in [-0.25, -0.2) is 0 Å². The fourth-order valence-corrected chi connectivity index (χ4v) is 2.17. The number of anilines is 1. The molecular weight excluding hydrogens is 266 g/mol. The molecule has 0 aliphatic rings. The summed E-state index contributed by atoms with van der Waals surface area (Å²) in [5, 5.41) is 21.7. The van der Waals surface area contributed by atoms with Crippen LogP contribution in [0.1, 0.15) is 36.7 Å². The van der Waals surface area contributed by atoms with Crippen LogP contribution < -0.4 is 5.32 Å². The fraction of sp³-hybridized carbons (Fsp3) is 0.235. The fourth-order valence-electron chi connectivity index (χ4n) is 2.17. The number of carbonyl (C=O) groups is 1. The summed E-state index contributed by atoms with van der Waals surface area (Å²) in [6.07, 6.45) is 0. The van der Waals surface area contributed by atoms with Crippen LogP contribution in [-0.4, -0.2) is 16.1 Å². The molecule has 0 atom stereocenters. The highest BCUT2D eigenvalue weighted by molar-refractivity contribution is 6.05. The highest BCUT2D eigenvalue weighted by Gasteiger charge is 2.19. The van der Waals surface area contributed by atoms with Crippen LogP contribution in [0.4, 0.5) is 5.69 Å². The van der Waals surface area contributed by atoms with Gasteiger partial charge < -0.3 is 15.5 Å². The summed E-state index contributed by atoms with van der Waals surface area (Å²) in [7, 11) is 0. The van der Waals surface area contributed by atoms with E-state index in [0.717, 1.165) is 11.3 Å². The number of hydrogen-bond acceptors (Lipinski definition) is 3. The van der Waals surface area contributed by atoms with Crippen molar-refractivity contribution in [2.45, 2.75) is 26.2 Å². The van der Waals surface area contributed by atoms with E-state index >= 15 is 0 Å². The Kier molecular flexibility index (Phi) is 3.89. The molecule has 0 spiro atoms. The average molecular weight is 285 g/mol. The molecule has 0 bridgehead atoms. The first-order valence-electron chi connectivity index (χ1n) is 6.71. The number of nitrogens with one attached hydrogen (secondary N) is 1. The van der Waals surface area contributed by atoms with E-state index in [2.05, 4.69) is 26.1 Å². The molecule has 4 nitrogen and oxygen atoms in total. The van der Waals surface area contributed by atoms with E-state index in [4.69, 9.17) is 0 Å². The summed E-state index contributed by atoms with van der Waals surface area (Å²) in [4.78, 5) is 12.3. The second kappa shape index (κ2) is 5.48. The van der Waals surface area contributed by atoms with Crippen molar-refractivity contribution in [1.29, 1.82) is 0 Å². The van der Waals surface area contributed by atoms with Crippen LogP contribution in [0.5, 0.6) is 11.5 Å². The molecule has 0 unspecified atom stereocenters. The smallest absolute Gasteiger partial charge is 0.255 e. The zero-order valence-corrected chi connectivity index (χ0v) is 12.3. The molecule has 4 heteroatoms. The standard InChI is InChI=1S/C17H19NO3/c1-17(2,3)14-6-4-5-7-15(14)18-16(21)11-8-12(19)10-13(20)9-11/h4-10,19-20H,1-3H3,(H,18,21). The molecule has 2 rings (SSSR count). The Bertz CT molecular complexity index is 652. The van der Waals surface area contributed by atoms with Gasteiger partial charge in [0, 0.05) is 17.3 Å². The predicted octanol–water partition coefficient (Wildman–Crippen LogP) is 3.65. The van der Waals surface area contributed by atoms with E-state index in [1.54, 1.807) is 0 Å². The monoisotopic (exact) mass is 285 g/mol. The Balaban J connectivity index is 2.32. The van der Waals surface area contributed by atoms with E-state index in [1.807, 2.05) is 24.3 Å². The molecule has 3 N–H and O–H groups in total. The van der Waals surface area contributed by atoms with Crippen LogP contribution in [0.25, 0.3) is 0 Å². The quantitative estimate of drug-likeness (QED) is 0.789. The largest absolute Gasteiger partial charge is 0.508 e. The van der Waals surface area contributed by atoms with Crippen molar-refractivity contribution in [3.05, 3.63) is 53.6 Å². The van der Waals surface area contributed by atoms with Crippen LogP contribution in [0, 0.1) is 0 Å². The van der Waals surface area contributed by atoms with Crippen molar-refractivity contribution in [2.24, 2.45) is 0 Å². The molecule has 0 aliphatic carbocycles. The van der Waals surface area contributed by atoms with Crippen LogP contribution in [-0.2, 0) is 5.41 Å². The SMILES string of the molecule is CC(C)(C)c1ccccc1NC(=O)c1cc(O)cc(O)c1. The molecule has 1 amide bonds. The molecule has 21 heavy (non-hydrogen) atoms. The van der Waals surface area contributed by atoms with Crippen molar-refractivity contribution in [2.75, 3.05) is 5.32 Å². The number of aromatic hydroxyl groups is 2. The number of amides is 1. The zero-order valence-electron chi connectivity index (χ0n) is 12.3. The topological polar surface area (TPSA) is 69.6 Å². The molecule has 0 aromatic heterocycles. The highest BCUT2D eigenvalue weighted by Crippen LogP contribution is 2.30. The summed E-state index contributed by atoms with van der Waals surface area (Å²) in [5.74, 6) is -0.675. The van der Waals surface area contributed by atoms with Crippen molar-refractivity contribution in [1.82, 2.24) is 0 Å². The molecule has 0 fully saturated rings. The third kappa shape index (κ3) is 3.54. The first-order chi connectivity index (χ1) is 9.77. The zero-order chi connectivity index (χ0) is 15.6. The van der Waals surface area contributed by atoms with Crippen molar-refractivity contribution < 1.29 is 15.0 Å². The molecule has 0 aliphatic heterocycles. The van der Waals surface area contributed by atoms with Gasteiger partial charge in [0.05, 0.1) is 0 Å². The van der Waals surface area contributed by atoms with E-state index in [1.165, 1.54) is 18.2 Å². The summed E-state index contributed by atoms with van der Waals surface area (Å²) < 4.78 is 0. The second-order valence-corrected chi connectivity index (χ2v) is 5.99. The van der Waals surface area contributed by atoms with E-state index in [9.17, 15) is 15.0 Å². The van der Waals surface area contributed by atoms with E-state index in [-0.39, 0.29) is 28.4 Å². The minimum absolute atomic E-state index is 0.106. The lowest BCUT2D eigenvalue weighted by molar-refractivity contribution is 0.102. The van der Waals surface area contributed by atoms with Crippen molar-refractivity contribution in [3.63, 3.8) is 0 Å². The minimum atomic E-state index is -0.377. The van der Waals surface area contributed by atoms with Gasteiger partial charge in [-0.3, -0.25) is 4.79 Å². The van der Waals surface area contributed by atoms with Gasteiger partial charge in [0.25, 0.3) is 5.91 Å². The maximum atomic E-state index is 12.3. The minimum Gasteiger partial charge on any atom is -0.508 e. The molecule has 2 aromatic rings. The lowest BCUT2D eigenvalue weighted by Gasteiger charge is -2.23. The Hall–Kier alpha value is -2.49. The summed E-state index contributed by atoms with van der Waals surface area (Å²) in [5.41, 5.74) is 1.84. The molecule has 110 valence electrons. The molecule has 0 saturated heterocycles. The Labute approximate surface area is 124 Å². The average Bonchev–Trinajstić information content (AvgIpc) is 2.37. The van der Waals surface area contributed by atoms with Gasteiger partial charge in [-0.2, -0.15) is 0 Å². The molecule has 0 radical (unpaired) electrons. The van der Waals surface area contributed by atoms with Gasteiger partial charge in [0.2, 0.25) is 0 Å². The van der Waals surface area contributed by atoms with Crippen molar-refractivity contribution in [3.8, 4) is 11.5 Å². The van der Waals surface area contributed by atoms with Gasteiger partial charge >= 0.3 is 0 Å². The number of phenolic OH excluding ortho intramolecular Hbond substituents is 2. The van der Waals surface area contributed by atoms with Gasteiger partial charge in [-0.15, -0.1) is 0 Å². The van der Waals surface area contributed by atoms with Gasteiger partial charge in [0.1, 0.15) is 11.5 Å². The number of hydrogen-bond donors (Lipinski definition) is 3. The molecular formula is C17H19NO3. The lowest BCUT2D eigenvalue weighted by Crippen LogP contribution is -2.18. The molecule has 0 saturated carbocycles. The van der Waals surface area contributed by atoms with Crippen LogP contribution in [0.2, 0.25) is 0 Å². The summed E-state index contributed by atoms with van der Waals surface area (Å²) in [6, 6.07) is 11.4. The first kappa shape index (κ1) is 14.9. The Morgan fingerprint density at radius 1 is 1.00 bits per heavy atom. The van der Waals surface area contributed by atoms with E-state index < -0.39 is 0 Å². The predicted molar refractivity (Wildman–Crippen MR) is 82.9 cm³/mol. The normalized spacial score (nSPS) is 11.2. The van der Waals surface area contributed by atoms with Gasteiger partial charge in [-0.1, -0.05) is 39.0 Å². The third-order valence-electron chi connectivity index (χ3n) is 3.15. The number of carbonyl (C=O) groups excluding carboxylic acids is 1. The Morgan fingerprint density at radius 2 is 1.57 bits per heavy atom. The van der Waals surface area contributed by atoms with Crippen LogP contribution in [0.3, 0.4) is 0 Å². The maximum Gasteiger partial charge on any atom is 0.255 e. The number of rotatable bonds is 2. The first-order valence-corrected chi connectivity index (χ1v) is 6.71. The van der Waals surface area contributed by atoms with Gasteiger partial charge in [-0.05, 0) is 29.2 Å². The third-order valence-corrected chi connectivity index (χ3v) is 3.15. The second-order valence-electron chi connectivity index (χ2n) is 5.99. The van der Waals surface area contributed by atoms with Crippen LogP contribution in [0.15, 0.2) is 42.5 Å². The van der Waals surface area contributed by atoms with E-state index in [0.29, 0.717) is 0 Å². The molecule has 0 heterocycles. The Morgan fingerprint density at radius 3 is 2.14 bits per heavy atom. The van der Waals surface area contributed by atoms with Crippen LogP contribution >= 0.6 is 0 Å².